The van der Waals surface area contributed by atoms with E-state index in [0.717, 1.165) is 24.3 Å². The van der Waals surface area contributed by atoms with Gasteiger partial charge in [0, 0.05) is 30.7 Å². The molecule has 0 bridgehead atoms. The molecule has 0 spiro atoms. The summed E-state index contributed by atoms with van der Waals surface area (Å²) < 4.78 is 1.91. The quantitative estimate of drug-likeness (QED) is 0.877. The van der Waals surface area contributed by atoms with Crippen molar-refractivity contribution in [3.63, 3.8) is 0 Å². The van der Waals surface area contributed by atoms with Crippen LogP contribution < -0.4 is 5.32 Å². The molecule has 0 radical (unpaired) electrons. The molecule has 4 nitrogen and oxygen atoms in total. The Morgan fingerprint density at radius 2 is 2.17 bits per heavy atom. The van der Waals surface area contributed by atoms with E-state index in [1.807, 2.05) is 36.3 Å². The first-order chi connectivity index (χ1) is 8.66. The molecule has 4 heteroatoms. The van der Waals surface area contributed by atoms with Crippen molar-refractivity contribution in [2.75, 3.05) is 6.54 Å². The average molecular weight is 244 g/mol. The van der Waals surface area contributed by atoms with E-state index in [1.54, 1.807) is 6.20 Å². The number of rotatable bonds is 5. The SMILES string of the molecule is Cc1cnn(-c2ccncc2CNCC(C)C)c1. The van der Waals surface area contributed by atoms with Gasteiger partial charge < -0.3 is 5.32 Å². The molecule has 18 heavy (non-hydrogen) atoms. The van der Waals surface area contributed by atoms with E-state index in [2.05, 4.69) is 29.2 Å². The molecule has 0 aliphatic heterocycles. The minimum Gasteiger partial charge on any atom is -0.312 e. The molecule has 1 N–H and O–H groups in total. The van der Waals surface area contributed by atoms with Crippen LogP contribution in [0.1, 0.15) is 25.0 Å². The number of hydrogen-bond donors (Lipinski definition) is 1. The molecular formula is C14H20N4. The fourth-order valence-corrected chi connectivity index (χ4v) is 1.82. The maximum Gasteiger partial charge on any atom is 0.0721 e. The number of nitrogens with zero attached hydrogens (tertiary/aromatic N) is 3. The third kappa shape index (κ3) is 3.17. The van der Waals surface area contributed by atoms with E-state index in [-0.39, 0.29) is 0 Å². The fourth-order valence-electron chi connectivity index (χ4n) is 1.82. The molecular weight excluding hydrogens is 224 g/mol. The minimum absolute atomic E-state index is 0.650. The molecule has 0 atom stereocenters. The van der Waals surface area contributed by atoms with Crippen LogP contribution >= 0.6 is 0 Å². The first-order valence-corrected chi connectivity index (χ1v) is 6.32. The molecule has 2 aromatic heterocycles. The van der Waals surface area contributed by atoms with Gasteiger partial charge in [-0.1, -0.05) is 13.8 Å². The Bertz CT molecular complexity index is 502. The topological polar surface area (TPSA) is 42.7 Å². The summed E-state index contributed by atoms with van der Waals surface area (Å²) in [5.41, 5.74) is 3.42. The van der Waals surface area contributed by atoms with Crippen molar-refractivity contribution in [2.24, 2.45) is 5.92 Å². The van der Waals surface area contributed by atoms with Gasteiger partial charge in [0.15, 0.2) is 0 Å². The Balaban J connectivity index is 2.15. The van der Waals surface area contributed by atoms with Crippen molar-refractivity contribution < 1.29 is 0 Å². The number of pyridine rings is 1. The highest BCUT2D eigenvalue weighted by molar-refractivity contribution is 5.38. The molecule has 2 rings (SSSR count). The number of hydrogen-bond acceptors (Lipinski definition) is 3. The van der Waals surface area contributed by atoms with Crippen molar-refractivity contribution in [3.8, 4) is 5.69 Å². The molecule has 0 saturated carbocycles. The van der Waals surface area contributed by atoms with Gasteiger partial charge in [0.05, 0.1) is 11.9 Å². The van der Waals surface area contributed by atoms with Crippen LogP contribution in [0, 0.1) is 12.8 Å². The summed E-state index contributed by atoms with van der Waals surface area (Å²) in [5.74, 6) is 0.650. The molecule has 96 valence electrons. The van der Waals surface area contributed by atoms with Crippen molar-refractivity contribution in [1.82, 2.24) is 20.1 Å². The van der Waals surface area contributed by atoms with Crippen LogP contribution in [-0.4, -0.2) is 21.3 Å². The lowest BCUT2D eigenvalue weighted by Crippen LogP contribution is -2.20. The Labute approximate surface area is 108 Å². The summed E-state index contributed by atoms with van der Waals surface area (Å²) in [4.78, 5) is 4.19. The maximum atomic E-state index is 4.35. The first-order valence-electron chi connectivity index (χ1n) is 6.32. The van der Waals surface area contributed by atoms with Crippen LogP contribution in [0.15, 0.2) is 30.9 Å². The van der Waals surface area contributed by atoms with Gasteiger partial charge in [-0.2, -0.15) is 5.10 Å². The van der Waals surface area contributed by atoms with Crippen LogP contribution in [0.4, 0.5) is 0 Å². The van der Waals surface area contributed by atoms with Gasteiger partial charge in [-0.05, 0) is 31.0 Å². The fraction of sp³-hybridized carbons (Fsp3) is 0.429. The summed E-state index contributed by atoms with van der Waals surface area (Å²) in [6.45, 7) is 8.27. The second kappa shape index (κ2) is 5.78. The zero-order chi connectivity index (χ0) is 13.0. The second-order valence-electron chi connectivity index (χ2n) is 4.99. The van der Waals surface area contributed by atoms with Crippen LogP contribution in [0.3, 0.4) is 0 Å². The largest absolute Gasteiger partial charge is 0.312 e. The molecule has 0 saturated heterocycles. The van der Waals surface area contributed by atoms with E-state index in [9.17, 15) is 0 Å². The predicted molar refractivity (Wildman–Crippen MR) is 72.6 cm³/mol. The Morgan fingerprint density at radius 3 is 2.83 bits per heavy atom. The Kier molecular flexibility index (Phi) is 4.10. The maximum absolute atomic E-state index is 4.35. The number of aryl methyl sites for hydroxylation is 1. The predicted octanol–water partition coefficient (Wildman–Crippen LogP) is 2.32. The van der Waals surface area contributed by atoms with Gasteiger partial charge in [-0.25, -0.2) is 4.68 Å². The van der Waals surface area contributed by atoms with E-state index in [4.69, 9.17) is 0 Å². The normalized spacial score (nSPS) is 11.1. The molecule has 0 aliphatic rings. The van der Waals surface area contributed by atoms with Gasteiger partial charge in [0.25, 0.3) is 0 Å². The summed E-state index contributed by atoms with van der Waals surface area (Å²) in [7, 11) is 0. The van der Waals surface area contributed by atoms with Gasteiger partial charge in [-0.3, -0.25) is 4.98 Å². The van der Waals surface area contributed by atoms with E-state index >= 15 is 0 Å². The zero-order valence-corrected chi connectivity index (χ0v) is 11.2. The third-order valence-electron chi connectivity index (χ3n) is 2.70. The second-order valence-corrected chi connectivity index (χ2v) is 4.99. The molecule has 0 aromatic carbocycles. The summed E-state index contributed by atoms with van der Waals surface area (Å²) >= 11 is 0. The standard InChI is InChI=1S/C14H20N4/c1-11(2)6-16-9-13-8-15-5-4-14(13)18-10-12(3)7-17-18/h4-5,7-8,10-11,16H,6,9H2,1-3H3. The molecule has 0 amide bonds. The lowest BCUT2D eigenvalue weighted by molar-refractivity contribution is 0.550. The molecule has 0 aliphatic carbocycles. The minimum atomic E-state index is 0.650. The highest BCUT2D eigenvalue weighted by Crippen LogP contribution is 2.13. The Hall–Kier alpha value is -1.68. The average Bonchev–Trinajstić information content (AvgIpc) is 2.76. The summed E-state index contributed by atoms with van der Waals surface area (Å²) in [5, 5.41) is 7.79. The van der Waals surface area contributed by atoms with Crippen molar-refractivity contribution in [1.29, 1.82) is 0 Å². The lowest BCUT2D eigenvalue weighted by atomic mass is 10.2. The van der Waals surface area contributed by atoms with Crippen LogP contribution in [0.5, 0.6) is 0 Å². The van der Waals surface area contributed by atoms with Crippen molar-refractivity contribution in [3.05, 3.63) is 42.0 Å². The number of nitrogens with one attached hydrogen (secondary N) is 1. The smallest absolute Gasteiger partial charge is 0.0721 e. The van der Waals surface area contributed by atoms with Gasteiger partial charge in [0.1, 0.15) is 0 Å². The molecule has 0 fully saturated rings. The van der Waals surface area contributed by atoms with Gasteiger partial charge >= 0.3 is 0 Å². The molecule has 2 aromatic rings. The Morgan fingerprint density at radius 1 is 1.33 bits per heavy atom. The van der Waals surface area contributed by atoms with Crippen LogP contribution in [0.25, 0.3) is 5.69 Å². The summed E-state index contributed by atoms with van der Waals surface area (Å²) in [6.07, 6.45) is 7.60. The summed E-state index contributed by atoms with van der Waals surface area (Å²) in [6, 6.07) is 2.00. The molecule has 2 heterocycles. The van der Waals surface area contributed by atoms with E-state index < -0.39 is 0 Å². The van der Waals surface area contributed by atoms with Crippen molar-refractivity contribution in [2.45, 2.75) is 27.3 Å². The highest BCUT2D eigenvalue weighted by atomic mass is 15.3. The van der Waals surface area contributed by atoms with Crippen LogP contribution in [0.2, 0.25) is 0 Å². The first kappa shape index (κ1) is 12.8. The van der Waals surface area contributed by atoms with E-state index in [1.165, 1.54) is 5.56 Å². The van der Waals surface area contributed by atoms with Gasteiger partial charge in [0.2, 0.25) is 0 Å². The third-order valence-corrected chi connectivity index (χ3v) is 2.70. The highest BCUT2D eigenvalue weighted by Gasteiger charge is 2.05. The van der Waals surface area contributed by atoms with Crippen molar-refractivity contribution >= 4 is 0 Å². The number of aromatic nitrogens is 3. The molecule has 0 unspecified atom stereocenters. The van der Waals surface area contributed by atoms with Crippen LogP contribution in [-0.2, 0) is 6.54 Å². The zero-order valence-electron chi connectivity index (χ0n) is 11.2. The lowest BCUT2D eigenvalue weighted by Gasteiger charge is -2.11. The van der Waals surface area contributed by atoms with Gasteiger partial charge in [-0.15, -0.1) is 0 Å². The van der Waals surface area contributed by atoms with E-state index in [0.29, 0.717) is 5.92 Å². The monoisotopic (exact) mass is 244 g/mol.